The number of aldehydes is 1. The Bertz CT molecular complexity index is 431. The number of carbonyl (C=O) groups excluding carboxylic acids is 1. The first-order chi connectivity index (χ1) is 5.83. The Labute approximate surface area is 69.2 Å². The normalized spacial score (nSPS) is 10.3. The zero-order valence-corrected chi connectivity index (χ0v) is 6.37. The lowest BCUT2D eigenvalue weighted by atomic mass is 10.1. The molecule has 0 aliphatic heterocycles. The van der Waals surface area contributed by atoms with E-state index in [1.54, 1.807) is 12.3 Å². The molecule has 3 N–H and O–H groups in total. The van der Waals surface area contributed by atoms with E-state index in [1.807, 2.05) is 12.1 Å². The molecule has 0 bridgehead atoms. The molecule has 1 heterocycles. The molecule has 0 aliphatic carbocycles. The summed E-state index contributed by atoms with van der Waals surface area (Å²) in [4.78, 5) is 13.5. The Kier molecular flexibility index (Phi) is 1.37. The third kappa shape index (κ3) is 0.797. The first-order valence-electron chi connectivity index (χ1n) is 3.63. The molecule has 2 rings (SSSR count). The summed E-state index contributed by atoms with van der Waals surface area (Å²) in [5, 5.41) is 0.813. The number of hydrogen-bond donors (Lipinski definition) is 2. The Balaban J connectivity index is 2.91. The van der Waals surface area contributed by atoms with Crippen molar-refractivity contribution in [2.75, 3.05) is 5.73 Å². The number of rotatable bonds is 1. The zero-order chi connectivity index (χ0) is 8.55. The van der Waals surface area contributed by atoms with Crippen molar-refractivity contribution in [3.05, 3.63) is 30.0 Å². The van der Waals surface area contributed by atoms with Gasteiger partial charge in [-0.2, -0.15) is 0 Å². The molecule has 3 nitrogen and oxygen atoms in total. The molecule has 2 aromatic rings. The molecule has 12 heavy (non-hydrogen) atoms. The second kappa shape index (κ2) is 2.37. The van der Waals surface area contributed by atoms with Crippen LogP contribution in [0.4, 0.5) is 5.69 Å². The van der Waals surface area contributed by atoms with Crippen molar-refractivity contribution in [2.45, 2.75) is 0 Å². The zero-order valence-electron chi connectivity index (χ0n) is 6.37. The first-order valence-corrected chi connectivity index (χ1v) is 3.63. The fourth-order valence-corrected chi connectivity index (χ4v) is 1.33. The van der Waals surface area contributed by atoms with Crippen LogP contribution >= 0.6 is 0 Å². The van der Waals surface area contributed by atoms with E-state index in [4.69, 9.17) is 5.73 Å². The Morgan fingerprint density at radius 1 is 1.42 bits per heavy atom. The maximum absolute atomic E-state index is 10.6. The van der Waals surface area contributed by atoms with Gasteiger partial charge in [0.1, 0.15) is 0 Å². The van der Waals surface area contributed by atoms with E-state index in [1.165, 1.54) is 0 Å². The van der Waals surface area contributed by atoms with Crippen molar-refractivity contribution >= 4 is 22.9 Å². The minimum absolute atomic E-state index is 0.614. The fourth-order valence-electron chi connectivity index (χ4n) is 1.33. The lowest BCUT2D eigenvalue weighted by molar-refractivity contribution is 0.112. The number of anilines is 1. The lowest BCUT2D eigenvalue weighted by Gasteiger charge is -1.94. The highest BCUT2D eigenvalue weighted by Gasteiger charge is 2.04. The highest BCUT2D eigenvalue weighted by molar-refractivity contribution is 6.03. The van der Waals surface area contributed by atoms with E-state index in [0.717, 1.165) is 17.2 Å². The summed E-state index contributed by atoms with van der Waals surface area (Å²) < 4.78 is 0. The van der Waals surface area contributed by atoms with Crippen molar-refractivity contribution in [3.63, 3.8) is 0 Å². The average molecular weight is 160 g/mol. The maximum Gasteiger partial charge on any atom is 0.152 e. The largest absolute Gasteiger partial charge is 0.398 e. The van der Waals surface area contributed by atoms with Gasteiger partial charge in [-0.25, -0.2) is 0 Å². The first kappa shape index (κ1) is 6.91. The average Bonchev–Trinajstić information content (AvgIpc) is 2.49. The molecular formula is C9H8N2O. The van der Waals surface area contributed by atoms with Gasteiger partial charge in [-0.05, 0) is 12.1 Å². The van der Waals surface area contributed by atoms with Gasteiger partial charge in [0.05, 0.1) is 0 Å². The number of aromatic nitrogens is 1. The van der Waals surface area contributed by atoms with E-state index >= 15 is 0 Å². The Morgan fingerprint density at radius 2 is 2.25 bits per heavy atom. The van der Waals surface area contributed by atoms with Crippen molar-refractivity contribution in [1.82, 2.24) is 4.98 Å². The van der Waals surface area contributed by atoms with Crippen LogP contribution in [0.25, 0.3) is 10.9 Å². The van der Waals surface area contributed by atoms with Gasteiger partial charge in [0.2, 0.25) is 0 Å². The van der Waals surface area contributed by atoms with Gasteiger partial charge in [-0.3, -0.25) is 4.79 Å². The molecule has 1 aromatic carbocycles. The second-order valence-corrected chi connectivity index (χ2v) is 2.63. The molecule has 0 atom stereocenters. The van der Waals surface area contributed by atoms with Gasteiger partial charge in [0.15, 0.2) is 6.29 Å². The van der Waals surface area contributed by atoms with Crippen molar-refractivity contribution < 1.29 is 4.79 Å². The molecule has 0 radical (unpaired) electrons. The van der Waals surface area contributed by atoms with Crippen LogP contribution in [0.1, 0.15) is 10.4 Å². The van der Waals surface area contributed by atoms with Crippen LogP contribution in [0.3, 0.4) is 0 Å². The number of aromatic amines is 1. The Hall–Kier alpha value is -1.77. The van der Waals surface area contributed by atoms with Gasteiger partial charge in [0, 0.05) is 28.4 Å². The third-order valence-corrected chi connectivity index (χ3v) is 1.90. The van der Waals surface area contributed by atoms with Crippen molar-refractivity contribution in [3.8, 4) is 0 Å². The van der Waals surface area contributed by atoms with Crippen LogP contribution in [0, 0.1) is 0 Å². The lowest BCUT2D eigenvalue weighted by Crippen LogP contribution is -1.86. The highest BCUT2D eigenvalue weighted by atomic mass is 16.1. The van der Waals surface area contributed by atoms with Crippen LogP contribution in [-0.4, -0.2) is 11.3 Å². The number of nitrogens with two attached hydrogens (primary N) is 1. The van der Waals surface area contributed by atoms with E-state index in [9.17, 15) is 4.79 Å². The third-order valence-electron chi connectivity index (χ3n) is 1.90. The molecule has 0 fully saturated rings. The summed E-state index contributed by atoms with van der Waals surface area (Å²) in [6.45, 7) is 0. The van der Waals surface area contributed by atoms with Crippen LogP contribution in [0.2, 0.25) is 0 Å². The summed E-state index contributed by atoms with van der Waals surface area (Å²) in [7, 11) is 0. The predicted octanol–water partition coefficient (Wildman–Crippen LogP) is 1.56. The molecule has 3 heteroatoms. The van der Waals surface area contributed by atoms with Gasteiger partial charge in [0.25, 0.3) is 0 Å². The van der Waals surface area contributed by atoms with Gasteiger partial charge < -0.3 is 10.7 Å². The van der Waals surface area contributed by atoms with Crippen LogP contribution < -0.4 is 5.73 Å². The standard InChI is InChI=1S/C9H8N2O/c10-7-2-1-3-8-9(7)6(5-12)4-11-8/h1-5,11H,10H2. The minimum Gasteiger partial charge on any atom is -0.398 e. The molecule has 1 aromatic heterocycles. The summed E-state index contributed by atoms with van der Waals surface area (Å²) in [6.07, 6.45) is 2.46. The van der Waals surface area contributed by atoms with E-state index in [0.29, 0.717) is 11.3 Å². The SMILES string of the molecule is Nc1cccc2[nH]cc(C=O)c12. The second-order valence-electron chi connectivity index (χ2n) is 2.63. The van der Waals surface area contributed by atoms with E-state index < -0.39 is 0 Å². The summed E-state index contributed by atoms with van der Waals surface area (Å²) >= 11 is 0. The predicted molar refractivity (Wildman–Crippen MR) is 48.1 cm³/mol. The van der Waals surface area contributed by atoms with Gasteiger partial charge in [-0.1, -0.05) is 6.07 Å². The minimum atomic E-state index is 0.614. The van der Waals surface area contributed by atoms with Gasteiger partial charge in [-0.15, -0.1) is 0 Å². The summed E-state index contributed by atoms with van der Waals surface area (Å²) in [5.41, 5.74) is 7.85. The number of benzene rings is 1. The molecule has 0 saturated carbocycles. The van der Waals surface area contributed by atoms with Crippen LogP contribution in [-0.2, 0) is 0 Å². The Morgan fingerprint density at radius 3 is 3.00 bits per heavy atom. The molecule has 0 unspecified atom stereocenters. The molecule has 0 amide bonds. The molecule has 0 spiro atoms. The topological polar surface area (TPSA) is 58.9 Å². The number of nitrogen functional groups attached to an aromatic ring is 1. The molecule has 0 aliphatic rings. The van der Waals surface area contributed by atoms with Crippen molar-refractivity contribution in [2.24, 2.45) is 0 Å². The fraction of sp³-hybridized carbons (Fsp3) is 0. The highest BCUT2D eigenvalue weighted by Crippen LogP contribution is 2.22. The quantitative estimate of drug-likeness (QED) is 0.491. The van der Waals surface area contributed by atoms with Gasteiger partial charge >= 0.3 is 0 Å². The number of hydrogen-bond acceptors (Lipinski definition) is 2. The smallest absolute Gasteiger partial charge is 0.152 e. The number of nitrogens with one attached hydrogen (secondary N) is 1. The van der Waals surface area contributed by atoms with Crippen molar-refractivity contribution in [1.29, 1.82) is 0 Å². The van der Waals surface area contributed by atoms with Crippen LogP contribution in [0.15, 0.2) is 24.4 Å². The number of carbonyl (C=O) groups is 1. The monoisotopic (exact) mass is 160 g/mol. The summed E-state index contributed by atoms with van der Waals surface area (Å²) in [6, 6.07) is 5.52. The van der Waals surface area contributed by atoms with Crippen LogP contribution in [0.5, 0.6) is 0 Å². The number of fused-ring (bicyclic) bond motifs is 1. The summed E-state index contributed by atoms with van der Waals surface area (Å²) in [5.74, 6) is 0. The van der Waals surface area contributed by atoms with E-state index in [-0.39, 0.29) is 0 Å². The van der Waals surface area contributed by atoms with E-state index in [2.05, 4.69) is 4.98 Å². The maximum atomic E-state index is 10.6. The molecule has 0 saturated heterocycles. The molecular weight excluding hydrogens is 152 g/mol. The molecule has 60 valence electrons. The number of H-pyrrole nitrogens is 1.